The van der Waals surface area contributed by atoms with Gasteiger partial charge in [0.25, 0.3) is 24.4 Å². The van der Waals surface area contributed by atoms with Crippen LogP contribution >= 0.6 is 11.6 Å². The van der Waals surface area contributed by atoms with Crippen LogP contribution in [0.2, 0.25) is 5.02 Å². The molecule has 4 aromatic rings. The highest BCUT2D eigenvalue weighted by Crippen LogP contribution is 2.32. The minimum Gasteiger partial charge on any atom is -0.411 e. The minimum atomic E-state index is -4.99. The molecule has 0 aliphatic carbocycles. The van der Waals surface area contributed by atoms with Crippen LogP contribution in [0.15, 0.2) is 36.7 Å². The van der Waals surface area contributed by atoms with Gasteiger partial charge in [-0.15, -0.1) is 5.10 Å². The molecule has 0 spiro atoms. The van der Waals surface area contributed by atoms with Crippen molar-refractivity contribution in [1.29, 1.82) is 0 Å². The van der Waals surface area contributed by atoms with Crippen LogP contribution in [0.25, 0.3) is 16.7 Å². The molecule has 0 aliphatic rings. The van der Waals surface area contributed by atoms with Crippen LogP contribution < -0.4 is 15.8 Å². The van der Waals surface area contributed by atoms with Crippen LogP contribution in [0, 0.1) is 6.92 Å². The number of hydrogen-bond donors (Lipinski definition) is 3. The third-order valence-electron chi connectivity index (χ3n) is 5.06. The number of aromatic nitrogens is 5. The van der Waals surface area contributed by atoms with E-state index in [0.717, 1.165) is 0 Å². The molecule has 2 amide bonds. The topological polar surface area (TPSA) is 141 Å². The van der Waals surface area contributed by atoms with Crippen molar-refractivity contribution in [1.82, 2.24) is 25.0 Å². The molecule has 1 atom stereocenters. The van der Waals surface area contributed by atoms with Gasteiger partial charge in [-0.1, -0.05) is 11.6 Å². The van der Waals surface area contributed by atoms with Crippen molar-refractivity contribution in [3.8, 4) is 11.7 Å². The molecule has 3 aromatic heterocycles. The summed E-state index contributed by atoms with van der Waals surface area (Å²) in [4.78, 5) is 29.4. The molecule has 0 saturated heterocycles. The van der Waals surface area contributed by atoms with Crippen molar-refractivity contribution in [2.24, 2.45) is 5.73 Å². The number of carbonyl (C=O) groups excluding carboxylic acids is 2. The smallest absolute Gasteiger partial charge is 0.411 e. The van der Waals surface area contributed by atoms with Crippen molar-refractivity contribution >= 4 is 40.0 Å². The van der Waals surface area contributed by atoms with Gasteiger partial charge in [-0.3, -0.25) is 14.7 Å². The number of aryl methyl sites for hydroxylation is 1. The van der Waals surface area contributed by atoms with E-state index in [2.05, 4.69) is 30.3 Å². The van der Waals surface area contributed by atoms with E-state index in [1.807, 2.05) is 0 Å². The number of nitrogens with two attached hydrogens (primary N) is 1. The first-order valence-corrected chi connectivity index (χ1v) is 10.6. The van der Waals surface area contributed by atoms with Crippen LogP contribution in [-0.4, -0.2) is 55.5 Å². The van der Waals surface area contributed by atoms with Gasteiger partial charge in [-0.25, -0.2) is 22.8 Å². The van der Waals surface area contributed by atoms with E-state index in [9.17, 15) is 31.5 Å². The van der Waals surface area contributed by atoms with Gasteiger partial charge < -0.3 is 15.8 Å². The number of primary amides is 1. The monoisotopic (exact) mass is 543 g/mol. The summed E-state index contributed by atoms with van der Waals surface area (Å²) >= 11 is 6.10. The fourth-order valence-corrected chi connectivity index (χ4v) is 3.63. The molecule has 0 fully saturated rings. The average Bonchev–Trinajstić information content (AvgIpc) is 3.45. The quantitative estimate of drug-likeness (QED) is 0.287. The number of benzene rings is 1. The summed E-state index contributed by atoms with van der Waals surface area (Å²) in [7, 11) is 0. The van der Waals surface area contributed by atoms with E-state index < -0.39 is 42.1 Å². The second-order valence-corrected chi connectivity index (χ2v) is 7.99. The molecule has 10 nitrogen and oxygen atoms in total. The Kier molecular flexibility index (Phi) is 6.73. The first-order chi connectivity index (χ1) is 17.4. The molecule has 1 aromatic carbocycles. The van der Waals surface area contributed by atoms with Gasteiger partial charge in [-0.2, -0.15) is 13.9 Å². The minimum absolute atomic E-state index is 0.0385. The summed E-state index contributed by atoms with van der Waals surface area (Å²) in [5.41, 5.74) is 5.43. The molecule has 1 unspecified atom stereocenters. The number of nitrogens with zero attached hydrogens (tertiary/aromatic N) is 4. The Morgan fingerprint density at radius 3 is 2.65 bits per heavy atom. The highest BCUT2D eigenvalue weighted by molar-refractivity contribution is 6.32. The highest BCUT2D eigenvalue weighted by atomic mass is 35.5. The van der Waals surface area contributed by atoms with Crippen molar-refractivity contribution in [2.45, 2.75) is 25.6 Å². The lowest BCUT2D eigenvalue weighted by atomic mass is 10.0. The largest absolute Gasteiger partial charge is 0.436 e. The summed E-state index contributed by atoms with van der Waals surface area (Å²) in [5, 5.41) is 13.0. The van der Waals surface area contributed by atoms with Gasteiger partial charge in [0.05, 0.1) is 28.0 Å². The van der Waals surface area contributed by atoms with Gasteiger partial charge in [0.1, 0.15) is 5.69 Å². The SMILES string of the molecule is Cc1cc2cn[nH]c2c(C(N)=O)c1NC(=O)c1cc(OC(F)(F)C(F)C(F)F)nn1-c1ncccc1Cl. The van der Waals surface area contributed by atoms with Crippen molar-refractivity contribution in [3.05, 3.63) is 58.5 Å². The molecule has 194 valence electrons. The van der Waals surface area contributed by atoms with Gasteiger partial charge in [0.15, 0.2) is 5.82 Å². The average molecular weight is 544 g/mol. The number of fused-ring (bicyclic) bond motifs is 1. The fourth-order valence-electron chi connectivity index (χ4n) is 3.43. The molecular formula is C21H15ClF5N7O3. The maximum atomic E-state index is 13.9. The maximum Gasteiger partial charge on any atom is 0.436 e. The Morgan fingerprint density at radius 2 is 2.00 bits per heavy atom. The number of amides is 2. The van der Waals surface area contributed by atoms with Crippen molar-refractivity contribution < 1.29 is 36.3 Å². The third kappa shape index (κ3) is 4.89. The zero-order valence-electron chi connectivity index (χ0n) is 18.5. The molecule has 4 rings (SSSR count). The van der Waals surface area contributed by atoms with Gasteiger partial charge in [-0.05, 0) is 30.7 Å². The number of ether oxygens (including phenoxy) is 1. The summed E-state index contributed by atoms with van der Waals surface area (Å²) < 4.78 is 71.0. The highest BCUT2D eigenvalue weighted by Gasteiger charge is 2.49. The Balaban J connectivity index is 1.80. The number of halogens is 6. The molecule has 4 N–H and O–H groups in total. The molecule has 37 heavy (non-hydrogen) atoms. The summed E-state index contributed by atoms with van der Waals surface area (Å²) in [6.07, 6.45) is -10.3. The fraction of sp³-hybridized carbons (Fsp3) is 0.190. The molecular weight excluding hydrogens is 529 g/mol. The van der Waals surface area contributed by atoms with Gasteiger partial charge in [0.2, 0.25) is 5.88 Å². The number of nitrogens with one attached hydrogen (secondary N) is 2. The normalized spacial score (nSPS) is 12.6. The molecule has 0 bridgehead atoms. The van der Waals surface area contributed by atoms with Crippen molar-refractivity contribution in [3.63, 3.8) is 0 Å². The Hall–Kier alpha value is -4.27. The van der Waals surface area contributed by atoms with Crippen LogP contribution in [0.3, 0.4) is 0 Å². The third-order valence-corrected chi connectivity index (χ3v) is 5.36. The van der Waals surface area contributed by atoms with E-state index in [1.54, 1.807) is 13.0 Å². The summed E-state index contributed by atoms with van der Waals surface area (Å²) in [6.45, 7) is 1.56. The number of H-pyrrole nitrogens is 1. The Morgan fingerprint density at radius 1 is 1.27 bits per heavy atom. The summed E-state index contributed by atoms with van der Waals surface area (Å²) in [6, 6.07) is 5.01. The Labute approximate surface area is 208 Å². The van der Waals surface area contributed by atoms with Gasteiger partial charge in [0, 0.05) is 17.6 Å². The number of pyridine rings is 1. The second kappa shape index (κ2) is 9.65. The standard InChI is InChI=1S/C21H15ClF5N7O3/c1-8-5-9-7-30-32-15(9)13(18(28)35)14(8)31-20(36)11-6-12(37-21(26,27)16(23)17(24)25)33-34(11)19-10(22)3-2-4-29-19/h2-7,16-17H,1H3,(H2,28,35)(H,30,32)(H,31,36). The lowest BCUT2D eigenvalue weighted by molar-refractivity contribution is -0.246. The number of rotatable bonds is 8. The number of hydrogen-bond acceptors (Lipinski definition) is 6. The zero-order chi connectivity index (χ0) is 27.1. The number of carbonyl (C=O) groups is 2. The van der Waals surface area contributed by atoms with E-state index in [-0.39, 0.29) is 27.6 Å². The number of aromatic amines is 1. The maximum absolute atomic E-state index is 13.9. The summed E-state index contributed by atoms with van der Waals surface area (Å²) in [5.74, 6) is -3.27. The van der Waals surface area contributed by atoms with Crippen LogP contribution in [0.5, 0.6) is 5.88 Å². The molecule has 0 aliphatic heterocycles. The van der Waals surface area contributed by atoms with E-state index in [1.165, 1.54) is 24.5 Å². The first kappa shape index (κ1) is 25.8. The molecule has 3 heterocycles. The van der Waals surface area contributed by atoms with Crippen LogP contribution in [0.4, 0.5) is 27.6 Å². The number of anilines is 1. The van der Waals surface area contributed by atoms with Crippen LogP contribution in [-0.2, 0) is 0 Å². The zero-order valence-corrected chi connectivity index (χ0v) is 19.2. The second-order valence-electron chi connectivity index (χ2n) is 7.58. The van der Waals surface area contributed by atoms with Crippen molar-refractivity contribution in [2.75, 3.05) is 5.32 Å². The first-order valence-electron chi connectivity index (χ1n) is 10.2. The van der Waals surface area contributed by atoms with E-state index in [4.69, 9.17) is 17.3 Å². The van der Waals surface area contributed by atoms with E-state index >= 15 is 0 Å². The van der Waals surface area contributed by atoms with Gasteiger partial charge >= 0.3 is 6.11 Å². The molecule has 16 heteroatoms. The number of alkyl halides is 5. The Bertz CT molecular complexity index is 1510. The van der Waals surface area contributed by atoms with E-state index in [0.29, 0.717) is 21.7 Å². The van der Waals surface area contributed by atoms with Crippen LogP contribution in [0.1, 0.15) is 26.4 Å². The predicted octanol–water partition coefficient (Wildman–Crippen LogP) is 4.03. The molecule has 0 radical (unpaired) electrons. The lowest BCUT2D eigenvalue weighted by Crippen LogP contribution is -2.41. The molecule has 0 saturated carbocycles. The lowest BCUT2D eigenvalue weighted by Gasteiger charge is -2.19. The predicted molar refractivity (Wildman–Crippen MR) is 120 cm³/mol.